The average molecular weight is 312 g/mol. The number of nitrogens with one attached hydrogen (secondary N) is 3. The molecule has 1 heterocycles. The van der Waals surface area contributed by atoms with E-state index in [1.54, 1.807) is 0 Å². The summed E-state index contributed by atoms with van der Waals surface area (Å²) < 4.78 is 0. The van der Waals surface area contributed by atoms with Crippen LogP contribution in [0.2, 0.25) is 0 Å². The maximum absolute atomic E-state index is 12.0. The van der Waals surface area contributed by atoms with Gasteiger partial charge in [0, 0.05) is 37.7 Å². The van der Waals surface area contributed by atoms with Crippen LogP contribution < -0.4 is 16.0 Å². The van der Waals surface area contributed by atoms with Gasteiger partial charge in [-0.25, -0.2) is 0 Å². The van der Waals surface area contributed by atoms with Gasteiger partial charge in [0.05, 0.1) is 0 Å². The number of fused-ring (bicyclic) bond motifs is 1. The van der Waals surface area contributed by atoms with Gasteiger partial charge in [0.15, 0.2) is 0 Å². The Morgan fingerprint density at radius 3 is 2.67 bits per heavy atom. The van der Waals surface area contributed by atoms with Gasteiger partial charge < -0.3 is 16.0 Å². The van der Waals surface area contributed by atoms with E-state index < -0.39 is 0 Å². The van der Waals surface area contributed by atoms with Gasteiger partial charge in [-0.1, -0.05) is 6.07 Å². The summed E-state index contributed by atoms with van der Waals surface area (Å²) in [7, 11) is 0. The van der Waals surface area contributed by atoms with E-state index in [0.29, 0.717) is 18.5 Å². The Bertz CT molecular complexity index is 518. The zero-order valence-electron chi connectivity index (χ0n) is 12.4. The first-order chi connectivity index (χ1) is 9.56. The summed E-state index contributed by atoms with van der Waals surface area (Å²) in [5.41, 5.74) is 3.07. The minimum absolute atomic E-state index is 0. The lowest BCUT2D eigenvalue weighted by Crippen LogP contribution is -2.34. The van der Waals surface area contributed by atoms with Gasteiger partial charge in [0.25, 0.3) is 5.91 Å². The van der Waals surface area contributed by atoms with Gasteiger partial charge in [-0.2, -0.15) is 0 Å². The quantitative estimate of drug-likeness (QED) is 0.769. The van der Waals surface area contributed by atoms with Crippen LogP contribution in [0.5, 0.6) is 0 Å². The number of halogens is 1. The van der Waals surface area contributed by atoms with Crippen LogP contribution in [0.1, 0.15) is 41.8 Å². The molecule has 0 aromatic heterocycles. The first-order valence-corrected chi connectivity index (χ1v) is 6.96. The second-order valence-corrected chi connectivity index (χ2v) is 5.32. The van der Waals surface area contributed by atoms with Crippen LogP contribution >= 0.6 is 12.4 Å². The molecule has 0 aliphatic carbocycles. The monoisotopic (exact) mass is 311 g/mol. The number of hydrogen-bond donors (Lipinski definition) is 3. The molecule has 1 aliphatic rings. The van der Waals surface area contributed by atoms with Crippen molar-refractivity contribution in [3.63, 3.8) is 0 Å². The van der Waals surface area contributed by atoms with Crippen molar-refractivity contribution in [3.05, 3.63) is 34.9 Å². The first kappa shape index (κ1) is 17.5. The smallest absolute Gasteiger partial charge is 0.251 e. The Balaban J connectivity index is 0.00000220. The van der Waals surface area contributed by atoms with Crippen molar-refractivity contribution in [2.24, 2.45) is 0 Å². The molecule has 0 atom stereocenters. The second-order valence-electron chi connectivity index (χ2n) is 5.32. The maximum Gasteiger partial charge on any atom is 0.251 e. The summed E-state index contributed by atoms with van der Waals surface area (Å²) in [6.07, 6.45) is 0.302. The van der Waals surface area contributed by atoms with E-state index in [-0.39, 0.29) is 30.3 Å². The van der Waals surface area contributed by atoms with Gasteiger partial charge >= 0.3 is 0 Å². The lowest BCUT2D eigenvalue weighted by Gasteiger charge is -2.09. The number of amides is 2. The molecule has 2 rings (SSSR count). The number of carbonyl (C=O) groups is 2. The molecule has 0 saturated carbocycles. The lowest BCUT2D eigenvalue weighted by atomic mass is 10.1. The Labute approximate surface area is 131 Å². The fourth-order valence-electron chi connectivity index (χ4n) is 2.22. The molecule has 0 spiro atoms. The van der Waals surface area contributed by atoms with E-state index in [1.807, 2.05) is 32.0 Å². The van der Waals surface area contributed by atoms with Crippen LogP contribution in [0.3, 0.4) is 0 Å². The van der Waals surface area contributed by atoms with Crippen molar-refractivity contribution in [3.8, 4) is 0 Å². The van der Waals surface area contributed by atoms with Crippen LogP contribution in [0.15, 0.2) is 18.2 Å². The Kier molecular flexibility index (Phi) is 6.65. The van der Waals surface area contributed by atoms with Gasteiger partial charge in [0.1, 0.15) is 0 Å². The van der Waals surface area contributed by atoms with Crippen LogP contribution in [-0.2, 0) is 17.9 Å². The van der Waals surface area contributed by atoms with E-state index in [4.69, 9.17) is 0 Å². The summed E-state index contributed by atoms with van der Waals surface area (Å²) in [6, 6.07) is 5.85. The van der Waals surface area contributed by atoms with E-state index in [9.17, 15) is 9.59 Å². The Morgan fingerprint density at radius 1 is 1.24 bits per heavy atom. The third-order valence-electron chi connectivity index (χ3n) is 3.19. The summed E-state index contributed by atoms with van der Waals surface area (Å²) >= 11 is 0. The van der Waals surface area contributed by atoms with Crippen LogP contribution in [0, 0.1) is 0 Å². The average Bonchev–Trinajstić information content (AvgIpc) is 2.84. The summed E-state index contributed by atoms with van der Waals surface area (Å²) in [6.45, 7) is 5.86. The first-order valence-electron chi connectivity index (χ1n) is 6.96. The van der Waals surface area contributed by atoms with Gasteiger partial charge in [-0.15, -0.1) is 12.4 Å². The van der Waals surface area contributed by atoms with Crippen LogP contribution in [0.4, 0.5) is 0 Å². The molecule has 0 unspecified atom stereocenters. The predicted molar refractivity (Wildman–Crippen MR) is 84.5 cm³/mol. The third kappa shape index (κ3) is 5.02. The standard InChI is InChI=1S/C15H21N3O2.ClH/c1-10(2)18-14(19)5-6-17-15(20)11-3-4-12-8-16-9-13(12)7-11;/h3-4,7,10,16H,5-6,8-9H2,1-2H3,(H,17,20)(H,18,19);1H. The van der Waals surface area contributed by atoms with Gasteiger partial charge in [-0.3, -0.25) is 9.59 Å². The lowest BCUT2D eigenvalue weighted by molar-refractivity contribution is -0.121. The van der Waals surface area contributed by atoms with Crippen molar-refractivity contribution in [1.82, 2.24) is 16.0 Å². The van der Waals surface area contributed by atoms with Crippen molar-refractivity contribution in [2.75, 3.05) is 6.54 Å². The fourth-order valence-corrected chi connectivity index (χ4v) is 2.22. The fraction of sp³-hybridized carbons (Fsp3) is 0.467. The predicted octanol–water partition coefficient (Wildman–Crippen LogP) is 1.36. The van der Waals surface area contributed by atoms with Crippen LogP contribution in [0.25, 0.3) is 0 Å². The third-order valence-corrected chi connectivity index (χ3v) is 3.19. The maximum atomic E-state index is 12.0. The molecule has 0 saturated heterocycles. The zero-order chi connectivity index (χ0) is 14.5. The molecule has 1 aromatic rings. The Hall–Kier alpha value is -1.59. The number of carbonyl (C=O) groups excluding carboxylic acids is 2. The molecule has 1 aliphatic heterocycles. The number of rotatable bonds is 5. The SMILES string of the molecule is CC(C)NC(=O)CCNC(=O)c1ccc2c(c1)CNC2.Cl. The molecular weight excluding hydrogens is 290 g/mol. The van der Waals surface area contributed by atoms with E-state index in [1.165, 1.54) is 11.1 Å². The highest BCUT2D eigenvalue weighted by Crippen LogP contribution is 2.16. The van der Waals surface area contributed by atoms with Crippen molar-refractivity contribution in [2.45, 2.75) is 39.4 Å². The molecule has 0 radical (unpaired) electrons. The molecule has 5 nitrogen and oxygen atoms in total. The molecule has 2 amide bonds. The highest BCUT2D eigenvalue weighted by molar-refractivity contribution is 5.94. The zero-order valence-corrected chi connectivity index (χ0v) is 13.2. The number of hydrogen-bond acceptors (Lipinski definition) is 3. The van der Waals surface area contributed by atoms with Crippen molar-refractivity contribution < 1.29 is 9.59 Å². The van der Waals surface area contributed by atoms with Crippen molar-refractivity contribution >= 4 is 24.2 Å². The molecule has 0 bridgehead atoms. The summed E-state index contributed by atoms with van der Waals surface area (Å²) in [5, 5.41) is 8.81. The van der Waals surface area contributed by atoms with E-state index >= 15 is 0 Å². The second kappa shape index (κ2) is 8.00. The summed E-state index contributed by atoms with van der Waals surface area (Å²) in [5.74, 6) is -0.171. The molecule has 0 fully saturated rings. The van der Waals surface area contributed by atoms with Gasteiger partial charge in [-0.05, 0) is 37.1 Å². The largest absolute Gasteiger partial charge is 0.354 e. The van der Waals surface area contributed by atoms with Gasteiger partial charge in [0.2, 0.25) is 5.91 Å². The van der Waals surface area contributed by atoms with Crippen LogP contribution in [-0.4, -0.2) is 24.4 Å². The topological polar surface area (TPSA) is 70.2 Å². The summed E-state index contributed by atoms with van der Waals surface area (Å²) in [4.78, 5) is 23.4. The Morgan fingerprint density at radius 2 is 1.95 bits per heavy atom. The van der Waals surface area contributed by atoms with Crippen molar-refractivity contribution in [1.29, 1.82) is 0 Å². The molecule has 1 aromatic carbocycles. The normalized spacial score (nSPS) is 12.5. The molecule has 3 N–H and O–H groups in total. The minimum atomic E-state index is -0.128. The highest BCUT2D eigenvalue weighted by atomic mass is 35.5. The van der Waals surface area contributed by atoms with E-state index in [2.05, 4.69) is 16.0 Å². The molecule has 6 heteroatoms. The van der Waals surface area contributed by atoms with E-state index in [0.717, 1.165) is 13.1 Å². The minimum Gasteiger partial charge on any atom is -0.354 e. The molecule has 21 heavy (non-hydrogen) atoms. The molecular formula is C15H22ClN3O2. The number of benzene rings is 1. The highest BCUT2D eigenvalue weighted by Gasteiger charge is 2.13. The molecule has 116 valence electrons.